The van der Waals surface area contributed by atoms with Gasteiger partial charge in [-0.15, -0.1) is 0 Å². The van der Waals surface area contributed by atoms with Crippen LogP contribution >= 0.6 is 11.3 Å². The van der Waals surface area contributed by atoms with Crippen LogP contribution in [-0.2, 0) is 23.1 Å². The van der Waals surface area contributed by atoms with Crippen LogP contribution in [0.5, 0.6) is 0 Å². The summed E-state index contributed by atoms with van der Waals surface area (Å²) in [4.78, 5) is 4.54. The van der Waals surface area contributed by atoms with Crippen molar-refractivity contribution in [3.05, 3.63) is 58.3 Å². The molecule has 124 valence electrons. The van der Waals surface area contributed by atoms with E-state index in [1.807, 2.05) is 37.3 Å². The van der Waals surface area contributed by atoms with Crippen molar-refractivity contribution in [3.8, 4) is 0 Å². The second-order valence-corrected chi connectivity index (χ2v) is 7.38. The van der Waals surface area contributed by atoms with Crippen molar-refractivity contribution >= 4 is 28.1 Å². The van der Waals surface area contributed by atoms with Crippen molar-refractivity contribution in [2.24, 2.45) is 4.99 Å². The number of nitrogens with one attached hydrogen (secondary N) is 2. The van der Waals surface area contributed by atoms with Gasteiger partial charge in [-0.25, -0.2) is 4.99 Å². The molecule has 0 bridgehead atoms. The minimum absolute atomic E-state index is 0.602. The molecule has 1 heterocycles. The normalized spacial score (nSPS) is 12.8. The van der Waals surface area contributed by atoms with E-state index < -0.39 is 10.8 Å². The average Bonchev–Trinajstić information content (AvgIpc) is 3.07. The van der Waals surface area contributed by atoms with E-state index >= 15 is 0 Å². The molecule has 0 saturated carbocycles. The van der Waals surface area contributed by atoms with Crippen LogP contribution in [0.25, 0.3) is 0 Å². The summed E-state index contributed by atoms with van der Waals surface area (Å²) in [6.07, 6.45) is 0. The van der Waals surface area contributed by atoms with E-state index in [0.29, 0.717) is 24.6 Å². The molecule has 0 fully saturated rings. The third kappa shape index (κ3) is 6.97. The predicted molar refractivity (Wildman–Crippen MR) is 100 cm³/mol. The Kier molecular flexibility index (Phi) is 7.83. The zero-order valence-corrected chi connectivity index (χ0v) is 15.0. The number of nitrogens with zero attached hydrogens (tertiary/aromatic N) is 1. The molecule has 0 amide bonds. The number of thiophene rings is 1. The lowest BCUT2D eigenvalue weighted by atomic mass is 10.2. The van der Waals surface area contributed by atoms with Crippen LogP contribution in [0.4, 0.5) is 0 Å². The number of benzene rings is 1. The highest BCUT2D eigenvalue weighted by atomic mass is 32.2. The standard InChI is InChI=1S/C17H23N3OS2/c1-2-18-17(20-12-16-8-10-22-13-16)19-9-11-23(21)14-15-6-4-3-5-7-15/h3-8,10,13H,2,9,11-12,14H2,1H3,(H2,18,19,20). The minimum atomic E-state index is -0.868. The third-order valence-corrected chi connectivity index (χ3v) is 5.18. The van der Waals surface area contributed by atoms with E-state index in [1.54, 1.807) is 11.3 Å². The van der Waals surface area contributed by atoms with Gasteiger partial charge in [0.15, 0.2) is 5.96 Å². The molecule has 2 aromatic rings. The van der Waals surface area contributed by atoms with Gasteiger partial charge in [-0.05, 0) is 34.9 Å². The Hall–Kier alpha value is -1.66. The number of guanidine groups is 1. The largest absolute Gasteiger partial charge is 0.357 e. The molecule has 0 saturated heterocycles. The zero-order chi connectivity index (χ0) is 16.3. The third-order valence-electron chi connectivity index (χ3n) is 3.14. The molecular weight excluding hydrogens is 326 g/mol. The van der Waals surface area contributed by atoms with E-state index in [0.717, 1.165) is 18.1 Å². The van der Waals surface area contributed by atoms with Crippen LogP contribution in [0.3, 0.4) is 0 Å². The summed E-state index contributed by atoms with van der Waals surface area (Å²) in [5.41, 5.74) is 2.32. The Bertz CT molecular complexity index is 612. The molecule has 23 heavy (non-hydrogen) atoms. The molecule has 4 nitrogen and oxygen atoms in total. The molecule has 2 N–H and O–H groups in total. The van der Waals surface area contributed by atoms with Crippen molar-refractivity contribution in [2.75, 3.05) is 18.8 Å². The van der Waals surface area contributed by atoms with Gasteiger partial charge in [-0.1, -0.05) is 30.3 Å². The number of hydrogen-bond donors (Lipinski definition) is 2. The first-order valence-corrected chi connectivity index (χ1v) is 10.1. The molecule has 0 aliphatic rings. The molecule has 1 aromatic heterocycles. The number of aliphatic imine (C=N–C) groups is 1. The SMILES string of the molecule is CCNC(=NCc1ccsc1)NCCS(=O)Cc1ccccc1. The monoisotopic (exact) mass is 349 g/mol. The molecule has 2 rings (SSSR count). The van der Waals surface area contributed by atoms with Crippen molar-refractivity contribution in [3.63, 3.8) is 0 Å². The first-order valence-electron chi connectivity index (χ1n) is 7.70. The molecule has 1 atom stereocenters. The van der Waals surface area contributed by atoms with Crippen molar-refractivity contribution in [1.82, 2.24) is 10.6 Å². The van der Waals surface area contributed by atoms with Crippen molar-refractivity contribution in [1.29, 1.82) is 0 Å². The van der Waals surface area contributed by atoms with Crippen LogP contribution < -0.4 is 10.6 Å². The van der Waals surface area contributed by atoms with E-state index in [9.17, 15) is 4.21 Å². The number of hydrogen-bond acceptors (Lipinski definition) is 3. The van der Waals surface area contributed by atoms with Gasteiger partial charge in [0.2, 0.25) is 0 Å². The van der Waals surface area contributed by atoms with Gasteiger partial charge in [-0.3, -0.25) is 4.21 Å². The van der Waals surface area contributed by atoms with Crippen LogP contribution in [0, 0.1) is 0 Å². The minimum Gasteiger partial charge on any atom is -0.357 e. The number of rotatable bonds is 8. The highest BCUT2D eigenvalue weighted by Crippen LogP contribution is 2.06. The Morgan fingerprint density at radius 2 is 2.00 bits per heavy atom. The molecular formula is C17H23N3OS2. The van der Waals surface area contributed by atoms with E-state index in [2.05, 4.69) is 32.5 Å². The Balaban J connectivity index is 1.75. The lowest BCUT2D eigenvalue weighted by Crippen LogP contribution is -2.39. The molecule has 1 unspecified atom stereocenters. The quantitative estimate of drug-likeness (QED) is 0.569. The molecule has 0 spiro atoms. The van der Waals surface area contributed by atoms with Crippen LogP contribution in [0.2, 0.25) is 0 Å². The Morgan fingerprint density at radius 3 is 2.70 bits per heavy atom. The second-order valence-electron chi connectivity index (χ2n) is 5.03. The van der Waals surface area contributed by atoms with Gasteiger partial charge in [0, 0.05) is 35.4 Å². The summed E-state index contributed by atoms with van der Waals surface area (Å²) in [5, 5.41) is 10.6. The van der Waals surface area contributed by atoms with Crippen LogP contribution in [0.1, 0.15) is 18.1 Å². The Morgan fingerprint density at radius 1 is 1.17 bits per heavy atom. The van der Waals surface area contributed by atoms with Gasteiger partial charge in [-0.2, -0.15) is 11.3 Å². The summed E-state index contributed by atoms with van der Waals surface area (Å²) >= 11 is 1.68. The molecule has 1 aromatic carbocycles. The molecule has 0 aliphatic carbocycles. The highest BCUT2D eigenvalue weighted by Gasteiger charge is 2.03. The molecule has 0 radical (unpaired) electrons. The van der Waals surface area contributed by atoms with Gasteiger partial charge in [0.25, 0.3) is 0 Å². The lowest BCUT2D eigenvalue weighted by Gasteiger charge is -2.11. The first-order chi connectivity index (χ1) is 11.3. The van der Waals surface area contributed by atoms with Crippen molar-refractivity contribution in [2.45, 2.75) is 19.2 Å². The summed E-state index contributed by atoms with van der Waals surface area (Å²) in [6.45, 7) is 4.15. The first kappa shape index (κ1) is 17.7. The summed E-state index contributed by atoms with van der Waals surface area (Å²) < 4.78 is 12.1. The fourth-order valence-corrected chi connectivity index (χ4v) is 3.71. The van der Waals surface area contributed by atoms with Gasteiger partial charge < -0.3 is 10.6 Å². The van der Waals surface area contributed by atoms with E-state index in [4.69, 9.17) is 0 Å². The van der Waals surface area contributed by atoms with Gasteiger partial charge >= 0.3 is 0 Å². The topological polar surface area (TPSA) is 53.5 Å². The van der Waals surface area contributed by atoms with E-state index in [1.165, 1.54) is 5.56 Å². The molecule has 0 aliphatic heterocycles. The maximum Gasteiger partial charge on any atom is 0.191 e. The summed E-state index contributed by atoms with van der Waals surface area (Å²) in [6, 6.07) is 12.0. The summed E-state index contributed by atoms with van der Waals surface area (Å²) in [5.74, 6) is 1.98. The Labute approximate surface area is 144 Å². The lowest BCUT2D eigenvalue weighted by molar-refractivity contribution is 0.680. The van der Waals surface area contributed by atoms with Crippen molar-refractivity contribution < 1.29 is 4.21 Å². The fourth-order valence-electron chi connectivity index (χ4n) is 2.01. The highest BCUT2D eigenvalue weighted by molar-refractivity contribution is 7.84. The van der Waals surface area contributed by atoms with Gasteiger partial charge in [0.05, 0.1) is 6.54 Å². The molecule has 6 heteroatoms. The van der Waals surface area contributed by atoms with Crippen LogP contribution in [0.15, 0.2) is 52.2 Å². The van der Waals surface area contributed by atoms with E-state index in [-0.39, 0.29) is 0 Å². The van der Waals surface area contributed by atoms with Crippen LogP contribution in [-0.4, -0.2) is 29.0 Å². The second kappa shape index (κ2) is 10.2. The predicted octanol–water partition coefficient (Wildman–Crippen LogP) is 2.75. The average molecular weight is 350 g/mol. The zero-order valence-electron chi connectivity index (χ0n) is 13.3. The van der Waals surface area contributed by atoms with Gasteiger partial charge in [0.1, 0.15) is 0 Å². The fraction of sp³-hybridized carbons (Fsp3) is 0.353. The maximum atomic E-state index is 12.1. The summed E-state index contributed by atoms with van der Waals surface area (Å²) in [7, 11) is -0.868. The maximum absolute atomic E-state index is 12.1. The smallest absolute Gasteiger partial charge is 0.191 e.